The van der Waals surface area contributed by atoms with E-state index in [-0.39, 0.29) is 18.2 Å². The highest BCUT2D eigenvalue weighted by Gasteiger charge is 2.11. The SMILES string of the molecule is COC(=O)CCc1cc(OC(C)C)ccc1OC(C)C. The molecule has 0 amide bonds. The largest absolute Gasteiger partial charge is 0.491 e. The summed E-state index contributed by atoms with van der Waals surface area (Å²) in [6, 6.07) is 5.71. The number of ether oxygens (including phenoxy) is 3. The number of aryl methyl sites for hydroxylation is 1. The van der Waals surface area contributed by atoms with E-state index < -0.39 is 0 Å². The highest BCUT2D eigenvalue weighted by Crippen LogP contribution is 2.27. The van der Waals surface area contributed by atoms with Crippen LogP contribution in [0.2, 0.25) is 0 Å². The van der Waals surface area contributed by atoms with E-state index in [0.717, 1.165) is 17.1 Å². The monoisotopic (exact) mass is 280 g/mol. The number of carbonyl (C=O) groups is 1. The fourth-order valence-corrected chi connectivity index (χ4v) is 1.80. The molecule has 0 bridgehead atoms. The molecule has 112 valence electrons. The second-order valence-corrected chi connectivity index (χ2v) is 5.18. The van der Waals surface area contributed by atoms with E-state index in [1.54, 1.807) is 0 Å². The molecule has 0 aliphatic carbocycles. The Morgan fingerprint density at radius 1 is 1.10 bits per heavy atom. The minimum Gasteiger partial charge on any atom is -0.491 e. The Kier molecular flexibility index (Phi) is 6.36. The van der Waals surface area contributed by atoms with Gasteiger partial charge >= 0.3 is 5.97 Å². The maximum absolute atomic E-state index is 11.3. The average molecular weight is 280 g/mol. The van der Waals surface area contributed by atoms with Gasteiger partial charge in [0.05, 0.1) is 19.3 Å². The van der Waals surface area contributed by atoms with Crippen molar-refractivity contribution in [2.75, 3.05) is 7.11 Å². The Labute approximate surface area is 121 Å². The average Bonchev–Trinajstić information content (AvgIpc) is 2.37. The van der Waals surface area contributed by atoms with Gasteiger partial charge in [-0.15, -0.1) is 0 Å². The summed E-state index contributed by atoms with van der Waals surface area (Å²) in [7, 11) is 1.39. The van der Waals surface area contributed by atoms with Crippen LogP contribution in [0.5, 0.6) is 11.5 Å². The number of hydrogen-bond donors (Lipinski definition) is 0. The summed E-state index contributed by atoms with van der Waals surface area (Å²) in [4.78, 5) is 11.3. The summed E-state index contributed by atoms with van der Waals surface area (Å²) in [6.07, 6.45) is 1.10. The summed E-state index contributed by atoms with van der Waals surface area (Å²) in [5, 5.41) is 0. The third-order valence-corrected chi connectivity index (χ3v) is 2.59. The van der Waals surface area contributed by atoms with E-state index >= 15 is 0 Å². The van der Waals surface area contributed by atoms with Gasteiger partial charge in [-0.05, 0) is 57.9 Å². The Morgan fingerprint density at radius 2 is 1.75 bits per heavy atom. The molecule has 0 unspecified atom stereocenters. The molecule has 0 aromatic heterocycles. The van der Waals surface area contributed by atoms with Crippen LogP contribution in [-0.2, 0) is 16.0 Å². The molecule has 0 radical (unpaired) electrons. The third-order valence-electron chi connectivity index (χ3n) is 2.59. The van der Waals surface area contributed by atoms with Crippen LogP contribution in [0.4, 0.5) is 0 Å². The lowest BCUT2D eigenvalue weighted by Crippen LogP contribution is -2.10. The van der Waals surface area contributed by atoms with Crippen molar-refractivity contribution in [2.24, 2.45) is 0 Å². The molecule has 0 spiro atoms. The van der Waals surface area contributed by atoms with Crippen LogP contribution in [0.15, 0.2) is 18.2 Å². The predicted molar refractivity (Wildman–Crippen MR) is 78.3 cm³/mol. The normalized spacial score (nSPS) is 10.8. The number of rotatable bonds is 7. The van der Waals surface area contributed by atoms with Crippen molar-refractivity contribution >= 4 is 5.97 Å². The zero-order valence-corrected chi connectivity index (χ0v) is 12.9. The van der Waals surface area contributed by atoms with Crippen molar-refractivity contribution in [1.82, 2.24) is 0 Å². The topological polar surface area (TPSA) is 44.8 Å². The van der Waals surface area contributed by atoms with Crippen LogP contribution in [-0.4, -0.2) is 25.3 Å². The van der Waals surface area contributed by atoms with E-state index in [2.05, 4.69) is 4.74 Å². The van der Waals surface area contributed by atoms with Gasteiger partial charge in [-0.25, -0.2) is 0 Å². The molecule has 0 atom stereocenters. The maximum atomic E-state index is 11.3. The zero-order valence-electron chi connectivity index (χ0n) is 12.9. The number of carbonyl (C=O) groups excluding carboxylic acids is 1. The molecule has 0 aliphatic rings. The minimum absolute atomic E-state index is 0.0868. The Morgan fingerprint density at radius 3 is 2.30 bits per heavy atom. The molecule has 0 heterocycles. The van der Waals surface area contributed by atoms with Crippen molar-refractivity contribution in [2.45, 2.75) is 52.7 Å². The standard InChI is InChI=1S/C16H24O4/c1-11(2)19-14-7-8-15(20-12(3)4)13(10-14)6-9-16(17)18-5/h7-8,10-12H,6,9H2,1-5H3. The highest BCUT2D eigenvalue weighted by molar-refractivity contribution is 5.69. The maximum Gasteiger partial charge on any atom is 0.305 e. The lowest BCUT2D eigenvalue weighted by atomic mass is 10.1. The smallest absolute Gasteiger partial charge is 0.305 e. The molecule has 4 nitrogen and oxygen atoms in total. The molecular formula is C16H24O4. The van der Waals surface area contributed by atoms with E-state index in [4.69, 9.17) is 9.47 Å². The highest BCUT2D eigenvalue weighted by atomic mass is 16.5. The van der Waals surface area contributed by atoms with E-state index in [9.17, 15) is 4.79 Å². The van der Waals surface area contributed by atoms with E-state index in [1.807, 2.05) is 45.9 Å². The number of hydrogen-bond acceptors (Lipinski definition) is 4. The van der Waals surface area contributed by atoms with Crippen LogP contribution >= 0.6 is 0 Å². The van der Waals surface area contributed by atoms with E-state index in [1.165, 1.54) is 7.11 Å². The number of esters is 1. The molecule has 1 aromatic rings. The lowest BCUT2D eigenvalue weighted by Gasteiger charge is -2.16. The molecule has 0 fully saturated rings. The molecule has 1 rings (SSSR count). The first-order valence-corrected chi connectivity index (χ1v) is 6.95. The first kappa shape index (κ1) is 16.3. The Balaban J connectivity index is 2.90. The summed E-state index contributed by atoms with van der Waals surface area (Å²) in [5.41, 5.74) is 0.960. The third kappa shape index (κ3) is 5.51. The Bertz CT molecular complexity index is 438. The van der Waals surface area contributed by atoms with Gasteiger partial charge in [0.15, 0.2) is 0 Å². The predicted octanol–water partition coefficient (Wildman–Crippen LogP) is 3.37. The van der Waals surface area contributed by atoms with Crippen LogP contribution in [0.1, 0.15) is 39.7 Å². The van der Waals surface area contributed by atoms with Crippen molar-refractivity contribution in [3.05, 3.63) is 23.8 Å². The summed E-state index contributed by atoms with van der Waals surface area (Å²) < 4.78 is 16.1. The summed E-state index contributed by atoms with van der Waals surface area (Å²) in [5.74, 6) is 1.35. The minimum atomic E-state index is -0.226. The first-order valence-electron chi connectivity index (χ1n) is 6.95. The number of methoxy groups -OCH3 is 1. The van der Waals surface area contributed by atoms with E-state index in [0.29, 0.717) is 12.8 Å². The van der Waals surface area contributed by atoms with Crippen LogP contribution in [0.3, 0.4) is 0 Å². The molecular weight excluding hydrogens is 256 g/mol. The quantitative estimate of drug-likeness (QED) is 0.718. The van der Waals surface area contributed by atoms with Gasteiger partial charge in [-0.3, -0.25) is 4.79 Å². The van der Waals surface area contributed by atoms with Crippen molar-refractivity contribution in [1.29, 1.82) is 0 Å². The van der Waals surface area contributed by atoms with Crippen molar-refractivity contribution < 1.29 is 19.0 Å². The molecule has 4 heteroatoms. The first-order chi connectivity index (χ1) is 9.42. The molecule has 0 aliphatic heterocycles. The van der Waals surface area contributed by atoms with Gasteiger partial charge in [0.2, 0.25) is 0 Å². The molecule has 20 heavy (non-hydrogen) atoms. The Hall–Kier alpha value is -1.71. The fraction of sp³-hybridized carbons (Fsp3) is 0.562. The van der Waals surface area contributed by atoms with Crippen molar-refractivity contribution in [3.8, 4) is 11.5 Å². The second kappa shape index (κ2) is 7.78. The second-order valence-electron chi connectivity index (χ2n) is 5.18. The van der Waals surface area contributed by atoms with Crippen LogP contribution < -0.4 is 9.47 Å². The van der Waals surface area contributed by atoms with Crippen molar-refractivity contribution in [3.63, 3.8) is 0 Å². The lowest BCUT2D eigenvalue weighted by molar-refractivity contribution is -0.140. The fourth-order valence-electron chi connectivity index (χ4n) is 1.80. The molecule has 0 saturated heterocycles. The van der Waals surface area contributed by atoms with Gasteiger partial charge in [0.1, 0.15) is 11.5 Å². The van der Waals surface area contributed by atoms with Gasteiger partial charge in [-0.2, -0.15) is 0 Å². The molecule has 0 saturated carbocycles. The van der Waals surface area contributed by atoms with Gasteiger partial charge in [0, 0.05) is 6.42 Å². The van der Waals surface area contributed by atoms with Crippen LogP contribution in [0, 0.1) is 0 Å². The van der Waals surface area contributed by atoms with Gasteiger partial charge < -0.3 is 14.2 Å². The number of benzene rings is 1. The molecule has 1 aromatic carbocycles. The zero-order chi connectivity index (χ0) is 15.1. The van der Waals surface area contributed by atoms with Gasteiger partial charge in [0.25, 0.3) is 0 Å². The van der Waals surface area contributed by atoms with Gasteiger partial charge in [-0.1, -0.05) is 0 Å². The van der Waals surface area contributed by atoms with Crippen LogP contribution in [0.25, 0.3) is 0 Å². The molecule has 0 N–H and O–H groups in total. The summed E-state index contributed by atoms with van der Waals surface area (Å²) >= 11 is 0. The summed E-state index contributed by atoms with van der Waals surface area (Å²) in [6.45, 7) is 7.91.